The molecule has 5 rings (SSSR count). The number of ether oxygens (including phenoxy) is 2. The van der Waals surface area contributed by atoms with Crippen LogP contribution in [0.25, 0.3) is 0 Å². The highest BCUT2D eigenvalue weighted by molar-refractivity contribution is 5.68. The Balaban J connectivity index is 1.60. The second-order valence-electron chi connectivity index (χ2n) is 10.3. The Labute approximate surface area is 225 Å². The topological polar surface area (TPSA) is 45.2 Å². The van der Waals surface area contributed by atoms with Crippen molar-refractivity contribution in [3.63, 3.8) is 0 Å². The van der Waals surface area contributed by atoms with Gasteiger partial charge in [0.1, 0.15) is 12.4 Å². The number of hydrogen-bond acceptors (Lipinski definition) is 5. The van der Waals surface area contributed by atoms with Gasteiger partial charge in [0, 0.05) is 43.0 Å². The van der Waals surface area contributed by atoms with Crippen LogP contribution >= 0.6 is 0 Å². The van der Waals surface area contributed by atoms with Gasteiger partial charge in [-0.3, -0.25) is 0 Å². The molecule has 0 amide bonds. The van der Waals surface area contributed by atoms with Gasteiger partial charge in [0.2, 0.25) is 0 Å². The summed E-state index contributed by atoms with van der Waals surface area (Å²) in [5.41, 5.74) is 3.88. The van der Waals surface area contributed by atoms with Gasteiger partial charge < -0.3 is 24.4 Å². The maximum Gasteiger partial charge on any atom is 0.573 e. The lowest BCUT2D eigenvalue weighted by molar-refractivity contribution is -0.274. The van der Waals surface area contributed by atoms with Gasteiger partial charge in [-0.2, -0.15) is 0 Å². The number of aliphatic hydroxyl groups excluding tert-OH is 1. The van der Waals surface area contributed by atoms with E-state index in [-0.39, 0.29) is 18.4 Å². The fraction of sp³-hybridized carbons (Fsp3) is 0.400. The first-order chi connectivity index (χ1) is 18.7. The largest absolute Gasteiger partial charge is 0.573 e. The number of alkyl halides is 4. The highest BCUT2D eigenvalue weighted by Crippen LogP contribution is 2.48. The first-order valence-corrected chi connectivity index (χ1v) is 13.1. The lowest BCUT2D eigenvalue weighted by Crippen LogP contribution is -2.42. The summed E-state index contributed by atoms with van der Waals surface area (Å²) in [6.45, 7) is 3.83. The molecule has 3 aromatic carbocycles. The zero-order valence-corrected chi connectivity index (χ0v) is 21.7. The number of morpholine rings is 1. The maximum absolute atomic E-state index is 13.4. The van der Waals surface area contributed by atoms with Crippen molar-refractivity contribution in [2.45, 2.75) is 37.3 Å². The van der Waals surface area contributed by atoms with Gasteiger partial charge >= 0.3 is 6.36 Å². The third-order valence-corrected chi connectivity index (χ3v) is 7.47. The van der Waals surface area contributed by atoms with E-state index in [4.69, 9.17) is 4.74 Å². The molecule has 3 aromatic rings. The molecule has 0 bridgehead atoms. The Morgan fingerprint density at radius 1 is 1.08 bits per heavy atom. The lowest BCUT2D eigenvalue weighted by Gasteiger charge is -2.36. The van der Waals surface area contributed by atoms with Crippen LogP contribution in [0.1, 0.15) is 23.6 Å². The molecule has 208 valence electrons. The van der Waals surface area contributed by atoms with E-state index in [0.717, 1.165) is 35.6 Å². The number of β-amino-alcohol motifs (C(OH)–C–C–N with tert-alkyl or cyclic N) is 1. The lowest BCUT2D eigenvalue weighted by atomic mass is 9.71. The normalized spacial score (nSPS) is 22.1. The van der Waals surface area contributed by atoms with E-state index in [1.165, 1.54) is 12.1 Å². The predicted octanol–water partition coefficient (Wildman–Crippen LogP) is 5.49. The van der Waals surface area contributed by atoms with Crippen molar-refractivity contribution in [1.29, 1.82) is 0 Å². The van der Waals surface area contributed by atoms with E-state index in [2.05, 4.69) is 21.8 Å². The van der Waals surface area contributed by atoms with Gasteiger partial charge in [0.25, 0.3) is 0 Å². The molecule has 0 radical (unpaired) electrons. The number of anilines is 2. The summed E-state index contributed by atoms with van der Waals surface area (Å²) in [5.74, 6) is -0.276. The molecule has 3 atom stereocenters. The fourth-order valence-electron chi connectivity index (χ4n) is 5.87. The summed E-state index contributed by atoms with van der Waals surface area (Å²) in [7, 11) is 0. The highest BCUT2D eigenvalue weighted by Gasteiger charge is 2.45. The van der Waals surface area contributed by atoms with E-state index in [0.29, 0.717) is 25.1 Å². The van der Waals surface area contributed by atoms with Crippen LogP contribution in [0, 0.1) is 0 Å². The van der Waals surface area contributed by atoms with Crippen LogP contribution in [0.15, 0.2) is 72.8 Å². The smallest absolute Gasteiger partial charge is 0.406 e. The van der Waals surface area contributed by atoms with Crippen molar-refractivity contribution < 1.29 is 32.1 Å². The minimum Gasteiger partial charge on any atom is -0.406 e. The van der Waals surface area contributed by atoms with Gasteiger partial charge in [-0.15, -0.1) is 13.2 Å². The van der Waals surface area contributed by atoms with Crippen LogP contribution in [0.3, 0.4) is 0 Å². The van der Waals surface area contributed by atoms with E-state index in [1.54, 1.807) is 12.1 Å². The van der Waals surface area contributed by atoms with Crippen molar-refractivity contribution in [3.8, 4) is 5.75 Å². The van der Waals surface area contributed by atoms with Gasteiger partial charge in [0.05, 0.1) is 18.8 Å². The van der Waals surface area contributed by atoms with Gasteiger partial charge in [-0.25, -0.2) is 4.39 Å². The molecule has 0 saturated carbocycles. The first-order valence-electron chi connectivity index (χ1n) is 13.1. The Morgan fingerprint density at radius 2 is 1.87 bits per heavy atom. The highest BCUT2D eigenvalue weighted by atomic mass is 19.4. The second kappa shape index (κ2) is 11.1. The minimum atomic E-state index is -4.79. The number of fused-ring (bicyclic) bond motifs is 1. The van der Waals surface area contributed by atoms with E-state index in [1.807, 2.05) is 48.2 Å². The summed E-state index contributed by atoms with van der Waals surface area (Å²) < 4.78 is 62.2. The zero-order chi connectivity index (χ0) is 27.6. The van der Waals surface area contributed by atoms with Gasteiger partial charge in [-0.1, -0.05) is 42.5 Å². The molecule has 2 aliphatic heterocycles. The number of aliphatic hydroxyl groups is 1. The second-order valence-corrected chi connectivity index (χ2v) is 10.3. The van der Waals surface area contributed by atoms with Crippen LogP contribution in [0.4, 0.5) is 28.9 Å². The Bertz CT molecular complexity index is 1290. The van der Waals surface area contributed by atoms with Crippen molar-refractivity contribution in [3.05, 3.63) is 89.5 Å². The van der Waals surface area contributed by atoms with Crippen LogP contribution in [0.5, 0.6) is 5.75 Å². The number of benzene rings is 3. The molecule has 0 aliphatic carbocycles. The molecule has 5 nitrogen and oxygen atoms in total. The molecule has 1 fully saturated rings. The number of hydrogen-bond donors (Lipinski definition) is 1. The van der Waals surface area contributed by atoms with Crippen molar-refractivity contribution >= 4 is 11.4 Å². The maximum atomic E-state index is 13.4. The molecule has 9 heteroatoms. The number of para-hydroxylation sites is 1. The molecule has 1 unspecified atom stereocenters. The number of nitrogens with zero attached hydrogens (tertiary/aromatic N) is 2. The van der Waals surface area contributed by atoms with E-state index < -0.39 is 24.6 Å². The predicted molar refractivity (Wildman–Crippen MR) is 142 cm³/mol. The number of halogens is 4. The number of rotatable bonds is 8. The van der Waals surface area contributed by atoms with Gasteiger partial charge in [-0.05, 0) is 60.4 Å². The van der Waals surface area contributed by atoms with Crippen LogP contribution in [-0.4, -0.2) is 63.1 Å². The summed E-state index contributed by atoms with van der Waals surface area (Å²) in [4.78, 5) is 4.24. The molecule has 1 N–H and O–H groups in total. The molecule has 0 aromatic heterocycles. The molecular formula is C30H32F4N2O3. The molecule has 2 aliphatic rings. The molecule has 2 heterocycles. The first kappa shape index (κ1) is 27.3. The Kier molecular flexibility index (Phi) is 7.73. The summed E-state index contributed by atoms with van der Waals surface area (Å²) in [6, 6.07) is 22.1. The standard InChI is InChI=1S/C30H32F4N2O3/c1-21-18-35(12-13-38-21)24-8-5-7-23(15-24)29(16-22-6-4-9-26(14-22)39-30(32,33)34)20-36(19-25(37)17-31)28-11-3-2-10-27(28)29/h2-11,14-15,21,25,37H,12-13,16-20H2,1H3/t21-,25-,29?/m0/s1. The monoisotopic (exact) mass is 544 g/mol. The summed E-state index contributed by atoms with van der Waals surface area (Å²) >= 11 is 0. The average Bonchev–Trinajstić information content (AvgIpc) is 3.22. The quantitative estimate of drug-likeness (QED) is 0.380. The average molecular weight is 545 g/mol. The summed E-state index contributed by atoms with van der Waals surface area (Å²) in [5, 5.41) is 10.2. The molecule has 39 heavy (non-hydrogen) atoms. The van der Waals surface area contributed by atoms with Crippen LogP contribution in [0.2, 0.25) is 0 Å². The van der Waals surface area contributed by atoms with Crippen LogP contribution < -0.4 is 14.5 Å². The third kappa shape index (κ3) is 5.99. The van der Waals surface area contributed by atoms with Crippen LogP contribution in [-0.2, 0) is 16.6 Å². The zero-order valence-electron chi connectivity index (χ0n) is 21.7. The van der Waals surface area contributed by atoms with E-state index in [9.17, 15) is 22.7 Å². The Hall–Kier alpha value is -3.30. The third-order valence-electron chi connectivity index (χ3n) is 7.47. The Morgan fingerprint density at radius 3 is 2.64 bits per heavy atom. The van der Waals surface area contributed by atoms with Crippen molar-refractivity contribution in [2.24, 2.45) is 0 Å². The fourth-order valence-corrected chi connectivity index (χ4v) is 5.87. The SMILES string of the molecule is C[C@H]1CN(c2cccc(C3(Cc4cccc(OC(F)(F)F)c4)CN(C[C@@H](O)CF)c4ccccc43)c2)CCO1. The van der Waals surface area contributed by atoms with E-state index >= 15 is 0 Å². The van der Waals surface area contributed by atoms with Gasteiger partial charge in [0.15, 0.2) is 0 Å². The van der Waals surface area contributed by atoms with Crippen molar-refractivity contribution in [1.82, 2.24) is 0 Å². The molecular weight excluding hydrogens is 512 g/mol. The molecule has 0 spiro atoms. The molecule has 1 saturated heterocycles. The van der Waals surface area contributed by atoms with Crippen molar-refractivity contribution in [2.75, 3.05) is 49.3 Å². The summed E-state index contributed by atoms with van der Waals surface area (Å²) in [6.07, 6.45) is -5.47. The minimum absolute atomic E-state index is 0.0950.